The van der Waals surface area contributed by atoms with E-state index in [2.05, 4.69) is 4.72 Å². The van der Waals surface area contributed by atoms with Crippen molar-refractivity contribution in [3.63, 3.8) is 0 Å². The Balaban J connectivity index is 1.92. The van der Waals surface area contributed by atoms with Crippen LogP contribution in [0.5, 0.6) is 0 Å². The fourth-order valence-electron chi connectivity index (χ4n) is 2.49. The number of nitrogens with one attached hydrogen (secondary N) is 1. The Morgan fingerprint density at radius 3 is 2.71 bits per heavy atom. The molecule has 0 aromatic heterocycles. The second-order valence-corrected chi connectivity index (χ2v) is 7.05. The summed E-state index contributed by atoms with van der Waals surface area (Å²) in [6.45, 7) is 2.28. The zero-order chi connectivity index (χ0) is 15.0. The topological polar surface area (TPSA) is 49.4 Å². The van der Waals surface area contributed by atoms with Gasteiger partial charge in [0.2, 0.25) is 0 Å². The summed E-state index contributed by atoms with van der Waals surface area (Å²) in [6.07, 6.45) is 0.733. The fraction of sp³-hybridized carbons (Fsp3) is 0.200. The first-order chi connectivity index (χ1) is 9.97. The Morgan fingerprint density at radius 2 is 1.95 bits per heavy atom. The van der Waals surface area contributed by atoms with Gasteiger partial charge in [0.15, 0.2) is 0 Å². The summed E-state index contributed by atoms with van der Waals surface area (Å²) in [6, 6.07) is 12.6. The van der Waals surface area contributed by atoms with Crippen molar-refractivity contribution in [3.05, 3.63) is 58.6 Å². The lowest BCUT2D eigenvalue weighted by Crippen LogP contribution is -2.34. The van der Waals surface area contributed by atoms with Gasteiger partial charge in [-0.15, -0.1) is 0 Å². The van der Waals surface area contributed by atoms with E-state index >= 15 is 0 Å². The molecule has 0 amide bonds. The molecule has 0 unspecified atom stereocenters. The molecule has 0 aliphatic carbocycles. The number of hydrogen-bond donors (Lipinski definition) is 1. The Kier molecular flexibility index (Phi) is 3.55. The van der Waals surface area contributed by atoms with Crippen LogP contribution in [-0.4, -0.2) is 15.0 Å². The molecule has 2 aromatic carbocycles. The fourth-order valence-corrected chi connectivity index (χ4v) is 4.11. The molecule has 0 saturated carbocycles. The van der Waals surface area contributed by atoms with Gasteiger partial charge in [-0.25, -0.2) is 0 Å². The third kappa shape index (κ3) is 2.71. The number of benzene rings is 2. The molecule has 21 heavy (non-hydrogen) atoms. The van der Waals surface area contributed by atoms with Crippen molar-refractivity contribution >= 4 is 33.2 Å². The maximum atomic E-state index is 12.6. The molecule has 4 nitrogen and oxygen atoms in total. The lowest BCUT2D eigenvalue weighted by atomic mass is 10.2. The van der Waals surface area contributed by atoms with Gasteiger partial charge in [-0.3, -0.25) is 9.03 Å². The smallest absolute Gasteiger partial charge is 0.266 e. The number of para-hydroxylation sites is 1. The predicted octanol–water partition coefficient (Wildman–Crippen LogP) is 3.37. The van der Waals surface area contributed by atoms with E-state index in [9.17, 15) is 8.42 Å². The van der Waals surface area contributed by atoms with E-state index in [-0.39, 0.29) is 0 Å². The highest BCUT2D eigenvalue weighted by atomic mass is 35.5. The SMILES string of the molecule is Cc1cc(Cl)ccc1NS(=O)(=O)N1CCc2ccccc21. The molecule has 0 radical (unpaired) electrons. The van der Waals surface area contributed by atoms with Crippen molar-refractivity contribution in [2.45, 2.75) is 13.3 Å². The largest absolute Gasteiger partial charge is 0.323 e. The van der Waals surface area contributed by atoms with Crippen molar-refractivity contribution in [1.29, 1.82) is 0 Å². The maximum Gasteiger partial charge on any atom is 0.323 e. The molecular weight excluding hydrogens is 308 g/mol. The van der Waals surface area contributed by atoms with Crippen LogP contribution in [0.1, 0.15) is 11.1 Å². The van der Waals surface area contributed by atoms with Gasteiger partial charge in [0.05, 0.1) is 11.4 Å². The molecule has 1 aliphatic heterocycles. The number of halogens is 1. The summed E-state index contributed by atoms with van der Waals surface area (Å²) in [5, 5.41) is 0.585. The van der Waals surface area contributed by atoms with Gasteiger partial charge < -0.3 is 0 Å². The molecule has 0 spiro atoms. The number of aryl methyl sites for hydroxylation is 1. The molecule has 1 N–H and O–H groups in total. The van der Waals surface area contributed by atoms with E-state index in [1.165, 1.54) is 4.31 Å². The van der Waals surface area contributed by atoms with Crippen molar-refractivity contribution in [2.24, 2.45) is 0 Å². The van der Waals surface area contributed by atoms with Crippen LogP contribution in [-0.2, 0) is 16.6 Å². The number of anilines is 2. The monoisotopic (exact) mass is 322 g/mol. The molecule has 2 aromatic rings. The van der Waals surface area contributed by atoms with E-state index in [1.807, 2.05) is 31.2 Å². The number of nitrogens with zero attached hydrogens (tertiary/aromatic N) is 1. The van der Waals surface area contributed by atoms with Crippen LogP contribution in [0, 0.1) is 6.92 Å². The molecule has 0 bridgehead atoms. The normalized spacial score (nSPS) is 14.1. The quantitative estimate of drug-likeness (QED) is 0.942. The van der Waals surface area contributed by atoms with Crippen LogP contribution in [0.15, 0.2) is 42.5 Å². The molecule has 3 rings (SSSR count). The Bertz CT molecular complexity index is 790. The first-order valence-corrected chi connectivity index (χ1v) is 8.44. The number of rotatable bonds is 3. The molecule has 6 heteroatoms. The van der Waals surface area contributed by atoms with E-state index in [1.54, 1.807) is 18.2 Å². The standard InChI is InChI=1S/C15H15ClN2O2S/c1-11-10-13(16)6-7-14(11)17-21(19,20)18-9-8-12-4-2-3-5-15(12)18/h2-7,10,17H,8-9H2,1H3. The van der Waals surface area contributed by atoms with Crippen LogP contribution >= 0.6 is 11.6 Å². The molecule has 110 valence electrons. The average Bonchev–Trinajstić information content (AvgIpc) is 2.86. The minimum absolute atomic E-state index is 0.460. The van der Waals surface area contributed by atoms with Gasteiger partial charge in [-0.1, -0.05) is 29.8 Å². The summed E-state index contributed by atoms with van der Waals surface area (Å²) >= 11 is 5.89. The van der Waals surface area contributed by atoms with Crippen LogP contribution < -0.4 is 9.03 Å². The molecule has 1 aliphatic rings. The van der Waals surface area contributed by atoms with Crippen LogP contribution in [0.3, 0.4) is 0 Å². The third-order valence-corrected chi connectivity index (χ3v) is 5.23. The van der Waals surface area contributed by atoms with Crippen LogP contribution in [0.4, 0.5) is 11.4 Å². The Morgan fingerprint density at radius 1 is 1.19 bits per heavy atom. The van der Waals surface area contributed by atoms with Gasteiger partial charge in [0.1, 0.15) is 0 Å². The molecule has 0 fully saturated rings. The minimum atomic E-state index is -3.62. The molecule has 0 saturated heterocycles. The predicted molar refractivity (Wildman–Crippen MR) is 86.2 cm³/mol. The first-order valence-electron chi connectivity index (χ1n) is 6.62. The Labute approximate surface area is 129 Å². The zero-order valence-electron chi connectivity index (χ0n) is 11.5. The third-order valence-electron chi connectivity index (χ3n) is 3.56. The second-order valence-electron chi connectivity index (χ2n) is 5.02. The summed E-state index contributed by atoms with van der Waals surface area (Å²) in [5.41, 5.74) is 3.13. The highest BCUT2D eigenvalue weighted by Crippen LogP contribution is 2.31. The number of hydrogen-bond acceptors (Lipinski definition) is 2. The van der Waals surface area contributed by atoms with Crippen LogP contribution in [0.25, 0.3) is 0 Å². The summed E-state index contributed by atoms with van der Waals surface area (Å²) in [7, 11) is -3.62. The highest BCUT2D eigenvalue weighted by Gasteiger charge is 2.29. The summed E-state index contributed by atoms with van der Waals surface area (Å²) in [5.74, 6) is 0. The van der Waals surface area contributed by atoms with Gasteiger partial charge in [0, 0.05) is 11.6 Å². The minimum Gasteiger partial charge on any atom is -0.266 e. The molecule has 1 heterocycles. The van der Waals surface area contributed by atoms with Gasteiger partial charge >= 0.3 is 10.2 Å². The van der Waals surface area contributed by atoms with Crippen molar-refractivity contribution in [2.75, 3.05) is 15.6 Å². The first kappa shape index (κ1) is 14.2. The molecular formula is C15H15ClN2O2S. The average molecular weight is 323 g/mol. The summed E-state index contributed by atoms with van der Waals surface area (Å²) in [4.78, 5) is 0. The van der Waals surface area contributed by atoms with Crippen LogP contribution in [0.2, 0.25) is 5.02 Å². The Hall–Kier alpha value is -1.72. The van der Waals surface area contributed by atoms with E-state index in [0.717, 1.165) is 23.2 Å². The zero-order valence-corrected chi connectivity index (χ0v) is 13.1. The van der Waals surface area contributed by atoms with Gasteiger partial charge in [-0.2, -0.15) is 8.42 Å². The van der Waals surface area contributed by atoms with Crippen molar-refractivity contribution in [3.8, 4) is 0 Å². The summed E-state index contributed by atoms with van der Waals surface area (Å²) < 4.78 is 29.2. The number of fused-ring (bicyclic) bond motifs is 1. The highest BCUT2D eigenvalue weighted by molar-refractivity contribution is 7.94. The van der Waals surface area contributed by atoms with E-state index < -0.39 is 10.2 Å². The van der Waals surface area contributed by atoms with Crippen molar-refractivity contribution < 1.29 is 8.42 Å². The van der Waals surface area contributed by atoms with E-state index in [4.69, 9.17) is 11.6 Å². The maximum absolute atomic E-state index is 12.6. The van der Waals surface area contributed by atoms with Gasteiger partial charge in [-0.05, 0) is 48.7 Å². The molecule has 0 atom stereocenters. The lowest BCUT2D eigenvalue weighted by Gasteiger charge is -2.21. The second kappa shape index (κ2) is 5.24. The lowest BCUT2D eigenvalue weighted by molar-refractivity contribution is 0.597. The van der Waals surface area contributed by atoms with Crippen molar-refractivity contribution in [1.82, 2.24) is 0 Å². The van der Waals surface area contributed by atoms with E-state index in [0.29, 0.717) is 17.3 Å². The van der Waals surface area contributed by atoms with Gasteiger partial charge in [0.25, 0.3) is 0 Å².